The first-order valence-electron chi connectivity index (χ1n) is 7.09. The van der Waals surface area contributed by atoms with Crippen LogP contribution in [0.2, 0.25) is 0 Å². The molecule has 20 heavy (non-hydrogen) atoms. The second-order valence-electron chi connectivity index (χ2n) is 4.92. The maximum absolute atomic E-state index is 5.88. The van der Waals surface area contributed by atoms with E-state index in [9.17, 15) is 0 Å². The van der Waals surface area contributed by atoms with Gasteiger partial charge in [-0.2, -0.15) is 0 Å². The minimum atomic E-state index is 0.540. The molecule has 1 aliphatic heterocycles. The summed E-state index contributed by atoms with van der Waals surface area (Å²) in [5.41, 5.74) is 3.32. The van der Waals surface area contributed by atoms with Crippen LogP contribution in [0.4, 0.5) is 0 Å². The molecule has 1 aromatic carbocycles. The largest absolute Gasteiger partial charge is 0.472 e. The number of aliphatic imine (C=N–C) groups is 1. The molecule has 0 radical (unpaired) electrons. The summed E-state index contributed by atoms with van der Waals surface area (Å²) in [5, 5.41) is 0. The molecule has 0 spiro atoms. The van der Waals surface area contributed by atoms with Gasteiger partial charge >= 0.3 is 0 Å². The Labute approximate surface area is 119 Å². The highest BCUT2D eigenvalue weighted by molar-refractivity contribution is 6.02. The van der Waals surface area contributed by atoms with Gasteiger partial charge in [-0.1, -0.05) is 30.3 Å². The van der Waals surface area contributed by atoms with Gasteiger partial charge in [0.1, 0.15) is 6.61 Å². The third-order valence-corrected chi connectivity index (χ3v) is 3.42. The van der Waals surface area contributed by atoms with Gasteiger partial charge in [-0.25, -0.2) is 4.98 Å². The smallest absolute Gasteiger partial charge is 0.222 e. The molecule has 0 atom stereocenters. The van der Waals surface area contributed by atoms with Crippen molar-refractivity contribution in [3.8, 4) is 5.88 Å². The molecule has 0 amide bonds. The van der Waals surface area contributed by atoms with Crippen molar-refractivity contribution >= 4 is 5.71 Å². The topological polar surface area (TPSA) is 34.5 Å². The number of nitrogens with zero attached hydrogens (tertiary/aromatic N) is 2. The lowest BCUT2D eigenvalue weighted by Gasteiger charge is -2.15. The van der Waals surface area contributed by atoms with E-state index in [1.165, 1.54) is 12.8 Å². The molecule has 3 rings (SSSR count). The van der Waals surface area contributed by atoms with Crippen molar-refractivity contribution in [3.63, 3.8) is 0 Å². The maximum Gasteiger partial charge on any atom is 0.222 e. The van der Waals surface area contributed by atoms with Crippen molar-refractivity contribution in [2.75, 3.05) is 6.54 Å². The van der Waals surface area contributed by atoms with Crippen molar-refractivity contribution in [2.45, 2.75) is 25.9 Å². The van der Waals surface area contributed by atoms with Gasteiger partial charge in [0.05, 0.1) is 5.56 Å². The van der Waals surface area contributed by atoms with E-state index in [0.717, 1.165) is 29.8 Å². The minimum absolute atomic E-state index is 0.540. The fourth-order valence-corrected chi connectivity index (χ4v) is 2.37. The minimum Gasteiger partial charge on any atom is -0.472 e. The Bertz CT molecular complexity index is 593. The van der Waals surface area contributed by atoms with E-state index in [4.69, 9.17) is 4.74 Å². The monoisotopic (exact) mass is 266 g/mol. The summed E-state index contributed by atoms with van der Waals surface area (Å²) in [6, 6.07) is 14.2. The summed E-state index contributed by atoms with van der Waals surface area (Å²) in [6.45, 7) is 1.46. The molecule has 3 heteroatoms. The third-order valence-electron chi connectivity index (χ3n) is 3.42. The van der Waals surface area contributed by atoms with Gasteiger partial charge in [0.2, 0.25) is 5.88 Å². The van der Waals surface area contributed by atoms with E-state index in [1.54, 1.807) is 6.20 Å². The van der Waals surface area contributed by atoms with Gasteiger partial charge in [-0.15, -0.1) is 0 Å². The quantitative estimate of drug-likeness (QED) is 0.846. The van der Waals surface area contributed by atoms with E-state index in [1.807, 2.05) is 24.3 Å². The highest BCUT2D eigenvalue weighted by atomic mass is 16.5. The van der Waals surface area contributed by atoms with Gasteiger partial charge < -0.3 is 4.74 Å². The molecule has 0 N–H and O–H groups in total. The van der Waals surface area contributed by atoms with Crippen LogP contribution in [0.5, 0.6) is 5.88 Å². The van der Waals surface area contributed by atoms with Gasteiger partial charge in [0.15, 0.2) is 0 Å². The Morgan fingerprint density at radius 2 is 1.90 bits per heavy atom. The average molecular weight is 266 g/mol. The standard InChI is InChI=1S/C17H18N2O/c1-2-7-14(8-3-1)13-20-17-15(9-6-12-19-17)16-10-4-5-11-18-16/h1-3,6-9,12H,4-5,10-11,13H2. The Hall–Kier alpha value is -2.16. The zero-order valence-corrected chi connectivity index (χ0v) is 11.5. The number of hydrogen-bond donors (Lipinski definition) is 0. The molecule has 1 aliphatic rings. The van der Waals surface area contributed by atoms with Crippen molar-refractivity contribution < 1.29 is 4.74 Å². The van der Waals surface area contributed by atoms with Crippen LogP contribution in [0, 0.1) is 0 Å². The van der Waals surface area contributed by atoms with Crippen molar-refractivity contribution in [1.29, 1.82) is 0 Å². The van der Waals surface area contributed by atoms with Crippen molar-refractivity contribution in [3.05, 3.63) is 59.8 Å². The van der Waals surface area contributed by atoms with Gasteiger partial charge in [0.25, 0.3) is 0 Å². The van der Waals surface area contributed by atoms with E-state index >= 15 is 0 Å². The molecule has 0 bridgehead atoms. The van der Waals surface area contributed by atoms with E-state index < -0.39 is 0 Å². The highest BCUT2D eigenvalue weighted by Crippen LogP contribution is 2.21. The molecule has 0 fully saturated rings. The normalized spacial score (nSPS) is 14.7. The molecule has 0 unspecified atom stereocenters. The zero-order valence-electron chi connectivity index (χ0n) is 11.5. The van der Waals surface area contributed by atoms with Crippen molar-refractivity contribution in [1.82, 2.24) is 4.98 Å². The molecule has 2 aromatic rings. The summed E-state index contributed by atoms with van der Waals surface area (Å²) < 4.78 is 5.88. The van der Waals surface area contributed by atoms with Gasteiger partial charge in [-0.05, 0) is 37.0 Å². The first kappa shape index (κ1) is 12.9. The van der Waals surface area contributed by atoms with Crippen LogP contribution < -0.4 is 4.74 Å². The first-order chi connectivity index (χ1) is 9.93. The highest BCUT2D eigenvalue weighted by Gasteiger charge is 2.13. The molecule has 102 valence electrons. The molecule has 0 aliphatic carbocycles. The van der Waals surface area contributed by atoms with Crippen LogP contribution in [0.15, 0.2) is 53.7 Å². The number of pyridine rings is 1. The summed E-state index contributed by atoms with van der Waals surface area (Å²) in [4.78, 5) is 8.98. The van der Waals surface area contributed by atoms with Crippen molar-refractivity contribution in [2.24, 2.45) is 4.99 Å². The Morgan fingerprint density at radius 1 is 1.00 bits per heavy atom. The van der Waals surface area contributed by atoms with Crippen LogP contribution in [-0.4, -0.2) is 17.2 Å². The Kier molecular flexibility index (Phi) is 4.07. The molecule has 3 nitrogen and oxygen atoms in total. The summed E-state index contributed by atoms with van der Waals surface area (Å²) in [7, 11) is 0. The van der Waals surface area contributed by atoms with Crippen LogP contribution in [0.25, 0.3) is 0 Å². The second-order valence-corrected chi connectivity index (χ2v) is 4.92. The fraction of sp³-hybridized carbons (Fsp3) is 0.294. The number of aromatic nitrogens is 1. The lowest BCUT2D eigenvalue weighted by molar-refractivity contribution is 0.293. The molecule has 0 saturated heterocycles. The lowest BCUT2D eigenvalue weighted by Crippen LogP contribution is -2.10. The second kappa shape index (κ2) is 6.33. The Morgan fingerprint density at radius 3 is 2.70 bits per heavy atom. The molecular formula is C17H18N2O. The van der Waals surface area contributed by atoms with E-state index in [0.29, 0.717) is 12.5 Å². The fourth-order valence-electron chi connectivity index (χ4n) is 2.37. The van der Waals surface area contributed by atoms with Gasteiger partial charge in [-0.3, -0.25) is 4.99 Å². The average Bonchev–Trinajstić information content (AvgIpc) is 2.55. The van der Waals surface area contributed by atoms with Crippen LogP contribution in [0.1, 0.15) is 30.4 Å². The first-order valence-corrected chi connectivity index (χ1v) is 7.09. The number of ether oxygens (including phenoxy) is 1. The molecular weight excluding hydrogens is 248 g/mol. The molecule has 2 heterocycles. The van der Waals surface area contributed by atoms with Crippen LogP contribution in [0.3, 0.4) is 0 Å². The van der Waals surface area contributed by atoms with Crippen LogP contribution >= 0.6 is 0 Å². The summed E-state index contributed by atoms with van der Waals surface area (Å²) in [5.74, 6) is 0.692. The SMILES string of the molecule is c1ccc(COc2ncccc2C2=NCCCC2)cc1. The number of benzene rings is 1. The summed E-state index contributed by atoms with van der Waals surface area (Å²) in [6.07, 6.45) is 5.18. The third kappa shape index (κ3) is 3.05. The Balaban J connectivity index is 1.78. The summed E-state index contributed by atoms with van der Waals surface area (Å²) >= 11 is 0. The number of rotatable bonds is 4. The van der Waals surface area contributed by atoms with E-state index in [2.05, 4.69) is 28.2 Å². The predicted octanol–water partition coefficient (Wildman–Crippen LogP) is 3.63. The lowest BCUT2D eigenvalue weighted by atomic mass is 10.0. The van der Waals surface area contributed by atoms with Crippen LogP contribution in [-0.2, 0) is 6.61 Å². The van der Waals surface area contributed by atoms with Gasteiger partial charge in [0, 0.05) is 18.5 Å². The predicted molar refractivity (Wildman–Crippen MR) is 80.3 cm³/mol. The molecule has 0 saturated carbocycles. The number of hydrogen-bond acceptors (Lipinski definition) is 3. The zero-order chi connectivity index (χ0) is 13.6. The molecule has 1 aromatic heterocycles. The maximum atomic E-state index is 5.88. The van der Waals surface area contributed by atoms with E-state index in [-0.39, 0.29) is 0 Å².